The highest BCUT2D eigenvalue weighted by Gasteiger charge is 2.42. The van der Waals surface area contributed by atoms with Crippen LogP contribution in [-0.4, -0.2) is 46.0 Å². The smallest absolute Gasteiger partial charge is 0.387 e. The Hall–Kier alpha value is -0.0400. The Kier molecular flexibility index (Phi) is 3.63. The fraction of sp³-hybridized carbons (Fsp3) is 1.00. The van der Waals surface area contributed by atoms with Gasteiger partial charge in [-0.3, -0.25) is 4.52 Å². The van der Waals surface area contributed by atoms with Gasteiger partial charge in [0.1, 0.15) is 12.2 Å². The predicted octanol–water partition coefficient (Wildman–Crippen LogP) is -0.418. The lowest BCUT2D eigenvalue weighted by molar-refractivity contribution is -0.0168. The number of phosphoric ester groups is 1. The quantitative estimate of drug-likeness (QED) is 0.570. The molecular formula is C6H12FO6P. The molecule has 0 aromatic heterocycles. The molecule has 0 aliphatic carbocycles. The molecule has 1 aliphatic rings. The highest BCUT2D eigenvalue weighted by atomic mass is 31.2. The van der Waals surface area contributed by atoms with Crippen LogP contribution in [0.2, 0.25) is 0 Å². The van der Waals surface area contributed by atoms with Crippen LogP contribution in [0.15, 0.2) is 0 Å². The number of hydrogen-bond donors (Lipinski definition) is 3. The summed E-state index contributed by atoms with van der Waals surface area (Å²) >= 11 is 0. The van der Waals surface area contributed by atoms with E-state index >= 15 is 0 Å². The van der Waals surface area contributed by atoms with E-state index in [1.807, 2.05) is 0 Å². The second-order valence-corrected chi connectivity index (χ2v) is 4.34. The fourth-order valence-corrected chi connectivity index (χ4v) is 1.56. The number of phosphoric acid groups is 1. The van der Waals surface area contributed by atoms with Crippen molar-refractivity contribution in [1.29, 1.82) is 0 Å². The van der Waals surface area contributed by atoms with E-state index in [1.54, 1.807) is 0 Å². The van der Waals surface area contributed by atoms with Crippen LogP contribution in [-0.2, 0) is 13.8 Å². The highest BCUT2D eigenvalue weighted by Crippen LogP contribution is 2.37. The molecule has 0 saturated carbocycles. The lowest BCUT2D eigenvalue weighted by Crippen LogP contribution is -2.31. The number of aliphatic hydroxyl groups is 1. The van der Waals surface area contributed by atoms with E-state index in [0.29, 0.717) is 0 Å². The highest BCUT2D eigenvalue weighted by molar-refractivity contribution is 7.46. The van der Waals surface area contributed by atoms with Crippen molar-refractivity contribution >= 4 is 7.82 Å². The monoisotopic (exact) mass is 230 g/mol. The summed E-state index contributed by atoms with van der Waals surface area (Å²) < 4.78 is 32.2. The van der Waals surface area contributed by atoms with Crippen LogP contribution >= 0.6 is 7.82 Å². The molecule has 0 bridgehead atoms. The molecule has 4 atom stereocenters. The Balaban J connectivity index is 2.44. The van der Waals surface area contributed by atoms with E-state index in [4.69, 9.17) is 14.5 Å². The SMILES string of the molecule is C[C@@H]1O[C@H](COP(=O)(O)O)C(O)[C@H]1F. The minimum Gasteiger partial charge on any atom is -0.387 e. The molecule has 0 amide bonds. The Labute approximate surface area is 79.9 Å². The summed E-state index contributed by atoms with van der Waals surface area (Å²) in [6, 6.07) is 0. The molecular weight excluding hydrogens is 218 g/mol. The van der Waals surface area contributed by atoms with Crippen molar-refractivity contribution < 1.29 is 33.1 Å². The summed E-state index contributed by atoms with van der Waals surface area (Å²) in [6.45, 7) is 0.890. The maximum Gasteiger partial charge on any atom is 0.469 e. The van der Waals surface area contributed by atoms with Gasteiger partial charge in [0.05, 0.1) is 12.7 Å². The van der Waals surface area contributed by atoms with Gasteiger partial charge in [0.2, 0.25) is 0 Å². The van der Waals surface area contributed by atoms with Gasteiger partial charge in [-0.05, 0) is 6.92 Å². The average Bonchev–Trinajstić information content (AvgIpc) is 2.28. The molecule has 1 heterocycles. The first kappa shape index (κ1) is 12.0. The molecule has 1 unspecified atom stereocenters. The van der Waals surface area contributed by atoms with E-state index in [2.05, 4.69) is 4.52 Å². The van der Waals surface area contributed by atoms with Crippen LogP contribution in [0, 0.1) is 0 Å². The van der Waals surface area contributed by atoms with Crippen molar-refractivity contribution in [1.82, 2.24) is 0 Å². The Morgan fingerprint density at radius 1 is 1.57 bits per heavy atom. The number of aliphatic hydroxyl groups excluding tert-OH is 1. The molecule has 1 rings (SSSR count). The lowest BCUT2D eigenvalue weighted by atomic mass is 10.1. The summed E-state index contributed by atoms with van der Waals surface area (Å²) in [4.78, 5) is 16.7. The molecule has 0 aromatic carbocycles. The first-order chi connectivity index (χ1) is 6.31. The largest absolute Gasteiger partial charge is 0.469 e. The molecule has 14 heavy (non-hydrogen) atoms. The van der Waals surface area contributed by atoms with Gasteiger partial charge >= 0.3 is 7.82 Å². The lowest BCUT2D eigenvalue weighted by Gasteiger charge is -2.14. The van der Waals surface area contributed by atoms with Gasteiger partial charge in [0, 0.05) is 0 Å². The van der Waals surface area contributed by atoms with E-state index < -0.39 is 38.9 Å². The van der Waals surface area contributed by atoms with Crippen LogP contribution < -0.4 is 0 Å². The van der Waals surface area contributed by atoms with Gasteiger partial charge in [-0.15, -0.1) is 0 Å². The van der Waals surface area contributed by atoms with Crippen molar-refractivity contribution in [3.63, 3.8) is 0 Å². The summed E-state index contributed by atoms with van der Waals surface area (Å²) in [5, 5.41) is 9.19. The number of alkyl halides is 1. The fourth-order valence-electron chi connectivity index (χ4n) is 1.22. The van der Waals surface area contributed by atoms with Crippen LogP contribution in [0.25, 0.3) is 0 Å². The topological polar surface area (TPSA) is 96.2 Å². The summed E-state index contributed by atoms with van der Waals surface area (Å²) in [5.41, 5.74) is 0. The molecule has 1 saturated heterocycles. The third-order valence-corrected chi connectivity index (χ3v) is 2.44. The zero-order chi connectivity index (χ0) is 10.9. The zero-order valence-electron chi connectivity index (χ0n) is 7.41. The predicted molar refractivity (Wildman–Crippen MR) is 43.2 cm³/mol. The van der Waals surface area contributed by atoms with Crippen LogP contribution in [0.1, 0.15) is 6.92 Å². The number of ether oxygens (including phenoxy) is 1. The van der Waals surface area contributed by atoms with Gasteiger partial charge in [-0.25, -0.2) is 8.96 Å². The van der Waals surface area contributed by atoms with Crippen molar-refractivity contribution in [3.05, 3.63) is 0 Å². The maximum absolute atomic E-state index is 13.0. The third kappa shape index (κ3) is 2.98. The molecule has 3 N–H and O–H groups in total. The van der Waals surface area contributed by atoms with E-state index in [9.17, 15) is 14.1 Å². The third-order valence-electron chi connectivity index (χ3n) is 1.95. The number of rotatable bonds is 3. The van der Waals surface area contributed by atoms with Crippen molar-refractivity contribution in [3.8, 4) is 0 Å². The molecule has 0 aromatic rings. The number of hydrogen-bond acceptors (Lipinski definition) is 4. The maximum atomic E-state index is 13.0. The molecule has 8 heteroatoms. The summed E-state index contributed by atoms with van der Waals surface area (Å²) in [7, 11) is -4.60. The van der Waals surface area contributed by atoms with Gasteiger partial charge < -0.3 is 19.6 Å². The standard InChI is InChI=1S/C6H12FO6P/c1-3-5(7)6(8)4(13-3)2-12-14(9,10)11/h3-6,8H,2H2,1H3,(H2,9,10,11)/t3-,4+,5-,6?/m0/s1. The first-order valence-electron chi connectivity index (χ1n) is 3.99. The van der Waals surface area contributed by atoms with Gasteiger partial charge in [-0.2, -0.15) is 0 Å². The number of halogens is 1. The molecule has 1 fully saturated rings. The second kappa shape index (κ2) is 4.22. The Morgan fingerprint density at radius 3 is 2.50 bits per heavy atom. The summed E-state index contributed by atoms with van der Waals surface area (Å²) in [6.07, 6.45) is -4.79. The summed E-state index contributed by atoms with van der Waals surface area (Å²) in [5.74, 6) is 0. The molecule has 1 aliphatic heterocycles. The normalized spacial score (nSPS) is 38.9. The minimum absolute atomic E-state index is 0.532. The van der Waals surface area contributed by atoms with Crippen LogP contribution in [0.5, 0.6) is 0 Å². The molecule has 84 valence electrons. The second-order valence-electron chi connectivity index (χ2n) is 3.10. The van der Waals surface area contributed by atoms with Crippen LogP contribution in [0.3, 0.4) is 0 Å². The van der Waals surface area contributed by atoms with Crippen molar-refractivity contribution in [2.45, 2.75) is 31.4 Å². The average molecular weight is 230 g/mol. The molecule has 0 spiro atoms. The van der Waals surface area contributed by atoms with Crippen LogP contribution in [0.4, 0.5) is 4.39 Å². The zero-order valence-corrected chi connectivity index (χ0v) is 8.30. The van der Waals surface area contributed by atoms with Gasteiger partial charge in [0.25, 0.3) is 0 Å². The Bertz CT molecular complexity index is 242. The van der Waals surface area contributed by atoms with E-state index in [1.165, 1.54) is 6.92 Å². The Morgan fingerprint density at radius 2 is 2.14 bits per heavy atom. The van der Waals surface area contributed by atoms with E-state index in [-0.39, 0.29) is 0 Å². The van der Waals surface area contributed by atoms with Gasteiger partial charge in [-0.1, -0.05) is 0 Å². The van der Waals surface area contributed by atoms with Crippen molar-refractivity contribution in [2.24, 2.45) is 0 Å². The van der Waals surface area contributed by atoms with E-state index in [0.717, 1.165) is 0 Å². The molecule has 6 nitrogen and oxygen atoms in total. The minimum atomic E-state index is -4.60. The van der Waals surface area contributed by atoms with Crippen molar-refractivity contribution in [2.75, 3.05) is 6.61 Å². The first-order valence-corrected chi connectivity index (χ1v) is 5.52. The van der Waals surface area contributed by atoms with Gasteiger partial charge in [0.15, 0.2) is 6.17 Å². The molecule has 0 radical (unpaired) electrons.